The van der Waals surface area contributed by atoms with Gasteiger partial charge in [0.05, 0.1) is 13.1 Å². The number of hydrogen-bond donors (Lipinski definition) is 9. The molecule has 0 aliphatic heterocycles. The Morgan fingerprint density at radius 1 is 0.857 bits per heavy atom. The topological polar surface area (TPSA) is 242 Å². The van der Waals surface area contributed by atoms with Crippen LogP contribution in [-0.2, 0) is 18.3 Å². The molecule has 0 rings (SSSR count). The van der Waals surface area contributed by atoms with Gasteiger partial charge in [0.2, 0.25) is 0 Å². The standard InChI is InChI=1S/C10H26N2O12P4/c1-4-7-12(8-5-2,9(25(13,14)15)26(16,17)18)10(11-6-3,27(19,20)21)28(22,23)24/h6,9,11H,3-5,7-8H2,1-2H3,(H7-,13,14,15,16,17,18,19,20,21,22,23,24)/p+1. The van der Waals surface area contributed by atoms with E-state index in [1.165, 1.54) is 13.8 Å². The summed E-state index contributed by atoms with van der Waals surface area (Å²) in [5.41, 5.74) is -3.16. The molecule has 168 valence electrons. The Balaban J connectivity index is 7.87. The normalized spacial score (nSPS) is 15.0. The van der Waals surface area contributed by atoms with Crippen molar-refractivity contribution in [3.05, 3.63) is 12.8 Å². The van der Waals surface area contributed by atoms with E-state index in [0.29, 0.717) is 6.20 Å². The van der Waals surface area contributed by atoms with Gasteiger partial charge < -0.3 is 44.5 Å². The fourth-order valence-electron chi connectivity index (χ4n) is 3.51. The Bertz CT molecular complexity index is 698. The van der Waals surface area contributed by atoms with Crippen LogP contribution < -0.4 is 5.32 Å². The average Bonchev–Trinajstić information content (AvgIpc) is 2.38. The highest BCUT2D eigenvalue weighted by molar-refractivity contribution is 7.72. The lowest BCUT2D eigenvalue weighted by molar-refractivity contribution is -0.954. The van der Waals surface area contributed by atoms with Crippen LogP contribution in [0, 0.1) is 0 Å². The second-order valence-electron chi connectivity index (χ2n) is 6.08. The minimum Gasteiger partial charge on any atom is -0.321 e. The summed E-state index contributed by atoms with van der Waals surface area (Å²) in [6, 6.07) is 0. The zero-order valence-corrected chi connectivity index (χ0v) is 18.7. The first-order valence-electron chi connectivity index (χ1n) is 7.77. The van der Waals surface area contributed by atoms with E-state index in [4.69, 9.17) is 0 Å². The third-order valence-corrected chi connectivity index (χ3v) is 12.2. The number of nitrogens with zero attached hydrogens (tertiary/aromatic N) is 1. The monoisotopic (exact) mass is 491 g/mol. The molecule has 0 amide bonds. The summed E-state index contributed by atoms with van der Waals surface area (Å²) in [4.78, 5) is 78.6. The number of nitrogens with one attached hydrogen (secondary N) is 1. The van der Waals surface area contributed by atoms with Gasteiger partial charge in [0.15, 0.2) is 0 Å². The number of rotatable bonds is 12. The van der Waals surface area contributed by atoms with Crippen molar-refractivity contribution >= 4 is 30.4 Å². The lowest BCUT2D eigenvalue weighted by atomic mass is 10.3. The Morgan fingerprint density at radius 3 is 1.36 bits per heavy atom. The minimum atomic E-state index is -6.08. The predicted octanol–water partition coefficient (Wildman–Crippen LogP) is -0.0380. The van der Waals surface area contributed by atoms with Gasteiger partial charge in [0.25, 0.3) is 5.52 Å². The molecule has 0 aliphatic rings. The van der Waals surface area contributed by atoms with Crippen molar-refractivity contribution in [2.75, 3.05) is 13.1 Å². The van der Waals surface area contributed by atoms with Crippen LogP contribution in [0.15, 0.2) is 12.8 Å². The second-order valence-corrected chi connectivity index (χ2v) is 13.6. The molecule has 0 aromatic heterocycles. The third kappa shape index (κ3) is 5.04. The quantitative estimate of drug-likeness (QED) is 0.0990. The summed E-state index contributed by atoms with van der Waals surface area (Å²) >= 11 is 0. The van der Waals surface area contributed by atoms with Crippen LogP contribution >= 0.6 is 30.4 Å². The van der Waals surface area contributed by atoms with Crippen LogP contribution in [0.5, 0.6) is 0 Å². The smallest absolute Gasteiger partial charge is 0.321 e. The van der Waals surface area contributed by atoms with Gasteiger partial charge in [-0.2, -0.15) is 0 Å². The highest BCUT2D eigenvalue weighted by Gasteiger charge is 2.79. The van der Waals surface area contributed by atoms with E-state index in [1.54, 1.807) is 5.32 Å². The number of quaternary nitrogens is 1. The van der Waals surface area contributed by atoms with Gasteiger partial charge in [-0.25, -0.2) is 0 Å². The first-order chi connectivity index (χ1) is 12.3. The van der Waals surface area contributed by atoms with Crippen LogP contribution in [0.3, 0.4) is 0 Å². The van der Waals surface area contributed by atoms with Crippen molar-refractivity contribution in [3.8, 4) is 0 Å². The lowest BCUT2D eigenvalue weighted by Gasteiger charge is -2.54. The van der Waals surface area contributed by atoms with E-state index in [0.717, 1.165) is 0 Å². The summed E-state index contributed by atoms with van der Waals surface area (Å²) in [6.45, 7) is 4.18. The molecule has 0 saturated carbocycles. The molecule has 0 atom stereocenters. The van der Waals surface area contributed by atoms with Crippen molar-refractivity contribution in [1.82, 2.24) is 5.32 Å². The molecule has 0 aromatic carbocycles. The van der Waals surface area contributed by atoms with E-state index >= 15 is 0 Å². The minimum absolute atomic E-state index is 0.197. The molecule has 0 heterocycles. The molecular formula is C10H27N2O12P4+. The summed E-state index contributed by atoms with van der Waals surface area (Å²) in [7, 11) is -23.9. The molecule has 0 spiro atoms. The van der Waals surface area contributed by atoms with Gasteiger partial charge in [-0.05, 0) is 19.0 Å². The van der Waals surface area contributed by atoms with Crippen molar-refractivity contribution in [2.24, 2.45) is 0 Å². The van der Waals surface area contributed by atoms with Gasteiger partial charge in [0, 0.05) is 0 Å². The molecule has 14 nitrogen and oxygen atoms in total. The predicted molar refractivity (Wildman–Crippen MR) is 98.6 cm³/mol. The Morgan fingerprint density at radius 2 is 1.18 bits per heavy atom. The second kappa shape index (κ2) is 9.08. The van der Waals surface area contributed by atoms with E-state index < -0.39 is 58.6 Å². The van der Waals surface area contributed by atoms with E-state index in [-0.39, 0.29) is 12.8 Å². The van der Waals surface area contributed by atoms with Crippen molar-refractivity contribution in [1.29, 1.82) is 0 Å². The van der Waals surface area contributed by atoms with E-state index in [1.807, 2.05) is 0 Å². The largest absolute Gasteiger partial charge is 0.421 e. The Labute approximate surface area is 161 Å². The fraction of sp³-hybridized carbons (Fsp3) is 0.800. The maximum Gasteiger partial charge on any atom is 0.421 e. The van der Waals surface area contributed by atoms with Gasteiger partial charge >= 0.3 is 35.5 Å². The van der Waals surface area contributed by atoms with Crippen molar-refractivity contribution < 1.29 is 61.9 Å². The molecule has 18 heteroatoms. The lowest BCUT2D eigenvalue weighted by Crippen LogP contribution is -2.73. The fourth-order valence-corrected chi connectivity index (χ4v) is 10.9. The molecule has 28 heavy (non-hydrogen) atoms. The van der Waals surface area contributed by atoms with Crippen LogP contribution in [0.2, 0.25) is 0 Å². The molecule has 0 saturated heterocycles. The van der Waals surface area contributed by atoms with Crippen LogP contribution in [0.1, 0.15) is 26.7 Å². The third-order valence-electron chi connectivity index (χ3n) is 4.02. The zero-order chi connectivity index (χ0) is 22.8. The zero-order valence-electron chi connectivity index (χ0n) is 15.1. The molecular weight excluding hydrogens is 464 g/mol. The Kier molecular flexibility index (Phi) is 9.11. The maximum atomic E-state index is 12.4. The summed E-state index contributed by atoms with van der Waals surface area (Å²) in [5.74, 6) is 0. The molecule has 0 aliphatic carbocycles. The van der Waals surface area contributed by atoms with Crippen LogP contribution in [-0.4, -0.2) is 67.4 Å². The Hall–Kier alpha value is 0.1000. The average molecular weight is 491 g/mol. The molecule has 0 aromatic rings. The van der Waals surface area contributed by atoms with Gasteiger partial charge in [0.1, 0.15) is 0 Å². The maximum absolute atomic E-state index is 12.4. The molecule has 0 radical (unpaired) electrons. The highest BCUT2D eigenvalue weighted by Crippen LogP contribution is 2.77. The molecule has 0 unspecified atom stereocenters. The van der Waals surface area contributed by atoms with Crippen LogP contribution in [0.25, 0.3) is 0 Å². The molecule has 0 bridgehead atoms. The van der Waals surface area contributed by atoms with Gasteiger partial charge in [-0.15, -0.1) is 0 Å². The van der Waals surface area contributed by atoms with E-state index in [9.17, 15) is 57.4 Å². The molecule has 9 N–H and O–H groups in total. The first kappa shape index (κ1) is 28.1. The van der Waals surface area contributed by atoms with Crippen molar-refractivity contribution in [3.63, 3.8) is 0 Å². The SMILES string of the molecule is C=CNC([N+](CCC)(CCC)C(P(=O)(O)O)P(=O)(O)O)(P(=O)(O)O)P(=O)(O)O. The molecule has 0 fully saturated rings. The summed E-state index contributed by atoms with van der Waals surface area (Å²) < 4.78 is 47.1. The van der Waals surface area contributed by atoms with E-state index in [2.05, 4.69) is 6.58 Å². The summed E-state index contributed by atoms with van der Waals surface area (Å²) in [6.07, 6.45) is 0.0844. The highest BCUT2D eigenvalue weighted by atomic mass is 31.2. The first-order valence-corrected chi connectivity index (χ1v) is 14.4. The van der Waals surface area contributed by atoms with Gasteiger partial charge in [-0.1, -0.05) is 20.4 Å². The van der Waals surface area contributed by atoms with Crippen molar-refractivity contribution in [2.45, 2.75) is 37.4 Å². The number of hydrogen-bond acceptors (Lipinski definition) is 5. The van der Waals surface area contributed by atoms with Gasteiger partial charge in [-0.3, -0.25) is 22.7 Å². The summed E-state index contributed by atoms with van der Waals surface area (Å²) in [5, 5.41) is -2.07. The van der Waals surface area contributed by atoms with Crippen LogP contribution in [0.4, 0.5) is 0 Å².